The van der Waals surface area contributed by atoms with Gasteiger partial charge in [-0.05, 0) is 42.9 Å². The highest BCUT2D eigenvalue weighted by Crippen LogP contribution is 2.32. The van der Waals surface area contributed by atoms with Gasteiger partial charge in [0, 0.05) is 11.7 Å². The molecule has 3 atom stereocenters. The molecule has 1 aliphatic carbocycles. The van der Waals surface area contributed by atoms with E-state index in [4.69, 9.17) is 5.73 Å². The van der Waals surface area contributed by atoms with Crippen LogP contribution in [0.3, 0.4) is 0 Å². The van der Waals surface area contributed by atoms with Gasteiger partial charge in [0.2, 0.25) is 10.0 Å². The molecule has 3 N–H and O–H groups in total. The molecule has 1 fully saturated rings. The van der Waals surface area contributed by atoms with Crippen molar-refractivity contribution in [2.75, 3.05) is 5.73 Å². The third kappa shape index (κ3) is 2.90. The lowest BCUT2D eigenvalue weighted by Crippen LogP contribution is -2.37. The zero-order chi connectivity index (χ0) is 14.2. The Bertz CT molecular complexity index is 574. The van der Waals surface area contributed by atoms with Gasteiger partial charge in [0.1, 0.15) is 10.7 Å². The SMILES string of the molecule is CC1CCC(NS(=O)(=O)c2ccc(N)cc2F)C1C. The number of nitrogen functional groups attached to an aromatic ring is 1. The highest BCUT2D eigenvalue weighted by atomic mass is 32.2. The van der Waals surface area contributed by atoms with E-state index in [0.717, 1.165) is 18.9 Å². The van der Waals surface area contributed by atoms with Gasteiger partial charge < -0.3 is 5.73 Å². The van der Waals surface area contributed by atoms with Gasteiger partial charge in [0.25, 0.3) is 0 Å². The van der Waals surface area contributed by atoms with Crippen molar-refractivity contribution in [3.63, 3.8) is 0 Å². The van der Waals surface area contributed by atoms with E-state index in [1.165, 1.54) is 12.1 Å². The molecule has 1 saturated carbocycles. The average molecular weight is 286 g/mol. The van der Waals surface area contributed by atoms with Crippen molar-refractivity contribution in [2.45, 2.75) is 37.6 Å². The number of nitrogens with one attached hydrogen (secondary N) is 1. The quantitative estimate of drug-likeness (QED) is 0.836. The fourth-order valence-electron chi connectivity index (χ4n) is 2.53. The van der Waals surface area contributed by atoms with E-state index in [1.807, 2.05) is 6.92 Å². The van der Waals surface area contributed by atoms with Crippen LogP contribution >= 0.6 is 0 Å². The Hall–Kier alpha value is -1.14. The minimum absolute atomic E-state index is 0.128. The molecule has 1 aliphatic rings. The summed E-state index contributed by atoms with van der Waals surface area (Å²) < 4.78 is 40.7. The monoisotopic (exact) mass is 286 g/mol. The number of hydrogen-bond acceptors (Lipinski definition) is 3. The van der Waals surface area contributed by atoms with Crippen LogP contribution in [0.5, 0.6) is 0 Å². The van der Waals surface area contributed by atoms with Crippen LogP contribution in [0.2, 0.25) is 0 Å². The van der Waals surface area contributed by atoms with Crippen LogP contribution in [0, 0.1) is 17.7 Å². The van der Waals surface area contributed by atoms with Crippen molar-refractivity contribution in [3.8, 4) is 0 Å². The number of benzene rings is 1. The summed E-state index contributed by atoms with van der Waals surface area (Å²) in [5.74, 6) is -0.0817. The molecular formula is C13H19FN2O2S. The summed E-state index contributed by atoms with van der Waals surface area (Å²) in [6.07, 6.45) is 1.77. The first-order chi connectivity index (χ1) is 8.81. The van der Waals surface area contributed by atoms with E-state index >= 15 is 0 Å². The Labute approximate surface area is 113 Å². The molecule has 3 unspecified atom stereocenters. The highest BCUT2D eigenvalue weighted by Gasteiger charge is 2.33. The van der Waals surface area contributed by atoms with E-state index in [1.54, 1.807) is 0 Å². The molecule has 19 heavy (non-hydrogen) atoms. The molecule has 0 radical (unpaired) electrons. The maximum Gasteiger partial charge on any atom is 0.243 e. The average Bonchev–Trinajstić information content (AvgIpc) is 2.60. The van der Waals surface area contributed by atoms with Crippen molar-refractivity contribution in [3.05, 3.63) is 24.0 Å². The summed E-state index contributed by atoms with van der Waals surface area (Å²) in [5.41, 5.74) is 5.63. The van der Waals surface area contributed by atoms with Crippen LogP contribution in [-0.4, -0.2) is 14.5 Å². The van der Waals surface area contributed by atoms with Crippen molar-refractivity contribution in [1.82, 2.24) is 4.72 Å². The second-order valence-electron chi connectivity index (χ2n) is 5.33. The maximum atomic E-state index is 13.7. The van der Waals surface area contributed by atoms with Crippen molar-refractivity contribution < 1.29 is 12.8 Å². The molecular weight excluding hydrogens is 267 g/mol. The number of sulfonamides is 1. The van der Waals surface area contributed by atoms with Gasteiger partial charge in [-0.1, -0.05) is 13.8 Å². The second kappa shape index (κ2) is 5.09. The summed E-state index contributed by atoms with van der Waals surface area (Å²) in [7, 11) is -3.83. The van der Waals surface area contributed by atoms with Crippen molar-refractivity contribution >= 4 is 15.7 Å². The van der Waals surface area contributed by atoms with E-state index < -0.39 is 15.8 Å². The van der Waals surface area contributed by atoms with E-state index in [-0.39, 0.29) is 22.5 Å². The third-order valence-corrected chi connectivity index (χ3v) is 5.54. The molecule has 4 nitrogen and oxygen atoms in total. The van der Waals surface area contributed by atoms with Crippen LogP contribution < -0.4 is 10.5 Å². The van der Waals surface area contributed by atoms with E-state index in [2.05, 4.69) is 11.6 Å². The second-order valence-corrected chi connectivity index (χ2v) is 7.01. The van der Waals surface area contributed by atoms with Gasteiger partial charge in [-0.2, -0.15) is 0 Å². The Kier molecular flexibility index (Phi) is 3.82. The molecule has 106 valence electrons. The minimum Gasteiger partial charge on any atom is -0.399 e. The van der Waals surface area contributed by atoms with Crippen LogP contribution in [0.4, 0.5) is 10.1 Å². The van der Waals surface area contributed by atoms with Crippen molar-refractivity contribution in [2.24, 2.45) is 11.8 Å². The van der Waals surface area contributed by atoms with Crippen LogP contribution in [0.15, 0.2) is 23.1 Å². The fraction of sp³-hybridized carbons (Fsp3) is 0.538. The Morgan fingerprint density at radius 2 is 2.00 bits per heavy atom. The summed E-state index contributed by atoms with van der Waals surface area (Å²) in [5, 5.41) is 0. The summed E-state index contributed by atoms with van der Waals surface area (Å²) in [6, 6.07) is 3.49. The molecule has 0 bridgehead atoms. The number of nitrogens with two attached hydrogens (primary N) is 1. The molecule has 6 heteroatoms. The lowest BCUT2D eigenvalue weighted by Gasteiger charge is -2.19. The molecule has 0 heterocycles. The zero-order valence-corrected chi connectivity index (χ0v) is 11.9. The lowest BCUT2D eigenvalue weighted by atomic mass is 9.98. The van der Waals surface area contributed by atoms with Crippen molar-refractivity contribution in [1.29, 1.82) is 0 Å². The molecule has 1 aromatic carbocycles. The normalized spacial score (nSPS) is 27.6. The van der Waals surface area contributed by atoms with Crippen LogP contribution in [0.25, 0.3) is 0 Å². The van der Waals surface area contributed by atoms with Gasteiger partial charge in [0.15, 0.2) is 0 Å². The minimum atomic E-state index is -3.83. The predicted molar refractivity (Wildman–Crippen MR) is 72.5 cm³/mol. The molecule has 0 amide bonds. The molecule has 0 aliphatic heterocycles. The first-order valence-corrected chi connectivity index (χ1v) is 7.87. The van der Waals surface area contributed by atoms with Gasteiger partial charge in [-0.25, -0.2) is 17.5 Å². The topological polar surface area (TPSA) is 72.2 Å². The molecule has 1 aromatic rings. The number of anilines is 1. The Morgan fingerprint density at radius 3 is 2.53 bits per heavy atom. The zero-order valence-electron chi connectivity index (χ0n) is 11.1. The lowest BCUT2D eigenvalue weighted by molar-refractivity contribution is 0.401. The molecule has 0 saturated heterocycles. The third-order valence-electron chi connectivity index (χ3n) is 4.02. The maximum absolute atomic E-state index is 13.7. The van der Waals surface area contributed by atoms with Gasteiger partial charge in [-0.15, -0.1) is 0 Å². The van der Waals surface area contributed by atoms with Crippen LogP contribution in [-0.2, 0) is 10.0 Å². The fourth-order valence-corrected chi connectivity index (χ4v) is 3.95. The summed E-state index contributed by atoms with van der Waals surface area (Å²) >= 11 is 0. The standard InChI is InChI=1S/C13H19FN2O2S/c1-8-3-5-12(9(8)2)16-19(17,18)13-6-4-10(15)7-11(13)14/h4,6-9,12,16H,3,5,15H2,1-2H3. The molecule has 2 rings (SSSR count). The van der Waals surface area contributed by atoms with Crippen LogP contribution in [0.1, 0.15) is 26.7 Å². The summed E-state index contributed by atoms with van der Waals surface area (Å²) in [4.78, 5) is -0.339. The Morgan fingerprint density at radius 1 is 1.32 bits per heavy atom. The van der Waals surface area contributed by atoms with Gasteiger partial charge in [0.05, 0.1) is 0 Å². The predicted octanol–water partition coefficient (Wildman–Crippen LogP) is 2.12. The molecule has 0 aromatic heterocycles. The van der Waals surface area contributed by atoms with Gasteiger partial charge >= 0.3 is 0 Å². The largest absolute Gasteiger partial charge is 0.399 e. The van der Waals surface area contributed by atoms with E-state index in [9.17, 15) is 12.8 Å². The summed E-state index contributed by atoms with van der Waals surface area (Å²) in [6.45, 7) is 4.12. The Balaban J connectivity index is 2.23. The first-order valence-electron chi connectivity index (χ1n) is 6.38. The smallest absolute Gasteiger partial charge is 0.243 e. The van der Waals surface area contributed by atoms with E-state index in [0.29, 0.717) is 5.92 Å². The highest BCUT2D eigenvalue weighted by molar-refractivity contribution is 7.89. The number of hydrogen-bond donors (Lipinski definition) is 2. The molecule has 0 spiro atoms. The van der Waals surface area contributed by atoms with Gasteiger partial charge in [-0.3, -0.25) is 0 Å². The first kappa shape index (κ1) is 14.3. The number of rotatable bonds is 3. The number of halogens is 1.